The van der Waals surface area contributed by atoms with Crippen LogP contribution in [0.15, 0.2) is 18.2 Å². The second-order valence-corrected chi connectivity index (χ2v) is 11.0. The lowest BCUT2D eigenvalue weighted by atomic mass is 9.94. The van der Waals surface area contributed by atoms with Crippen LogP contribution in [-0.4, -0.2) is 72.3 Å². The molecule has 9 nitrogen and oxygen atoms in total. The molecule has 39 heavy (non-hydrogen) atoms. The van der Waals surface area contributed by atoms with Crippen molar-refractivity contribution in [1.29, 1.82) is 5.26 Å². The summed E-state index contributed by atoms with van der Waals surface area (Å²) in [5.74, 6) is -0.538. The molecular weight excluding hydrogens is 522 g/mol. The van der Waals surface area contributed by atoms with Gasteiger partial charge in [-0.2, -0.15) is 15.2 Å². The average molecular weight is 551 g/mol. The summed E-state index contributed by atoms with van der Waals surface area (Å²) in [7, 11) is 2.06. The number of nitriles is 1. The van der Waals surface area contributed by atoms with Gasteiger partial charge >= 0.3 is 6.01 Å². The molecule has 4 aromatic rings. The first-order chi connectivity index (χ1) is 18.9. The molecule has 0 spiro atoms. The minimum Gasteiger partial charge on any atom is -0.462 e. The maximum atomic E-state index is 16.7. The Morgan fingerprint density at radius 2 is 2.00 bits per heavy atom. The van der Waals surface area contributed by atoms with E-state index < -0.39 is 11.6 Å². The van der Waals surface area contributed by atoms with Gasteiger partial charge in [0.2, 0.25) is 0 Å². The van der Waals surface area contributed by atoms with Crippen molar-refractivity contribution in [1.82, 2.24) is 25.2 Å². The summed E-state index contributed by atoms with van der Waals surface area (Å²) in [5, 5.41) is 13.6. The van der Waals surface area contributed by atoms with Crippen LogP contribution in [0.3, 0.4) is 0 Å². The molecule has 0 aliphatic carbocycles. The van der Waals surface area contributed by atoms with E-state index in [1.807, 2.05) is 0 Å². The number of fused-ring (bicyclic) bond motifs is 2. The lowest BCUT2D eigenvalue weighted by Crippen LogP contribution is -2.44. The lowest BCUT2D eigenvalue weighted by molar-refractivity contribution is 0.188. The van der Waals surface area contributed by atoms with Crippen molar-refractivity contribution < 1.29 is 13.5 Å². The number of likely N-dealkylation sites (N-methyl/N-ethyl adjacent to an activating group) is 1. The number of hydrogen-bond donors (Lipinski definition) is 2. The highest BCUT2D eigenvalue weighted by Crippen LogP contribution is 2.41. The fourth-order valence-electron chi connectivity index (χ4n) is 5.50. The van der Waals surface area contributed by atoms with E-state index in [2.05, 4.69) is 38.2 Å². The molecule has 2 aromatic carbocycles. The van der Waals surface area contributed by atoms with Gasteiger partial charge in [-0.1, -0.05) is 11.3 Å². The van der Waals surface area contributed by atoms with Crippen LogP contribution in [0.2, 0.25) is 0 Å². The molecule has 3 N–H and O–H groups in total. The fraction of sp³-hybridized carbons (Fsp3) is 0.407. The Morgan fingerprint density at radius 3 is 2.74 bits per heavy atom. The zero-order valence-electron chi connectivity index (χ0n) is 21.5. The second kappa shape index (κ2) is 10.5. The molecule has 4 heterocycles. The number of halogens is 2. The first kappa shape index (κ1) is 25.6. The van der Waals surface area contributed by atoms with Crippen molar-refractivity contribution in [3.05, 3.63) is 35.4 Å². The van der Waals surface area contributed by atoms with Crippen LogP contribution in [0, 0.1) is 23.0 Å². The number of rotatable bonds is 6. The van der Waals surface area contributed by atoms with E-state index in [0.29, 0.717) is 42.0 Å². The highest BCUT2D eigenvalue weighted by atomic mass is 32.1. The van der Waals surface area contributed by atoms with Crippen molar-refractivity contribution >= 4 is 43.4 Å². The lowest BCUT2D eigenvalue weighted by Gasteiger charge is -2.30. The number of nitrogen functional groups attached to an aromatic ring is 1. The van der Waals surface area contributed by atoms with Crippen LogP contribution in [0.5, 0.6) is 6.01 Å². The number of piperazine rings is 1. The van der Waals surface area contributed by atoms with Crippen molar-refractivity contribution in [2.45, 2.75) is 25.3 Å². The number of ether oxygens (including phenoxy) is 1. The first-order valence-corrected chi connectivity index (χ1v) is 13.8. The molecule has 1 atom stereocenters. The van der Waals surface area contributed by atoms with Crippen molar-refractivity contribution in [2.75, 3.05) is 57.0 Å². The number of nitrogens with one attached hydrogen (secondary N) is 1. The number of hydrogen-bond acceptors (Lipinski definition) is 10. The molecule has 0 amide bonds. The Hall–Kier alpha value is -3.66. The summed E-state index contributed by atoms with van der Waals surface area (Å²) in [4.78, 5) is 17.9. The van der Waals surface area contributed by atoms with Crippen LogP contribution in [0.25, 0.3) is 32.2 Å². The van der Waals surface area contributed by atoms with Crippen molar-refractivity contribution in [2.24, 2.45) is 0 Å². The van der Waals surface area contributed by atoms with Gasteiger partial charge in [0.1, 0.15) is 23.8 Å². The second-order valence-electron chi connectivity index (χ2n) is 9.94. The molecule has 0 unspecified atom stereocenters. The Morgan fingerprint density at radius 1 is 1.18 bits per heavy atom. The Bertz CT molecular complexity index is 1600. The van der Waals surface area contributed by atoms with E-state index in [-0.39, 0.29) is 44.9 Å². The number of nitrogens with zero attached hydrogens (tertiary/aromatic N) is 6. The van der Waals surface area contributed by atoms with E-state index in [1.54, 1.807) is 6.07 Å². The molecule has 202 valence electrons. The normalized spacial score (nSPS) is 18.2. The number of anilines is 2. The average Bonchev–Trinajstić information content (AvgIpc) is 3.54. The Kier molecular flexibility index (Phi) is 6.88. The summed E-state index contributed by atoms with van der Waals surface area (Å²) in [5.41, 5.74) is 7.21. The molecular formula is C27H28F2N8OS. The van der Waals surface area contributed by atoms with Crippen LogP contribution >= 0.6 is 11.3 Å². The number of thiazole rings is 1. The maximum absolute atomic E-state index is 16.7. The SMILES string of the molecule is CN1CCC[C@H]1COc1nc(N2CCNCC2)c2cc(CC#N)c(-c3ccc(F)c4sc(N)nc34)c(F)c2n1. The summed E-state index contributed by atoms with van der Waals surface area (Å²) in [6.45, 7) is 4.30. The third-order valence-corrected chi connectivity index (χ3v) is 8.41. The van der Waals surface area contributed by atoms with E-state index in [1.165, 1.54) is 12.1 Å². The molecule has 2 aliphatic heterocycles. The standard InChI is InChI=1S/C27H28F2N8OS/c1-36-10-2-3-16(36)14-38-27-34-22-18(25(35-27)37-11-8-32-9-12-37)13-15(6-7-30)20(21(22)29)17-4-5-19(28)24-23(17)33-26(31)39-24/h4-5,13,16,32H,2-3,6,8-12,14H2,1H3,(H2,31,33)/t16-/m0/s1. The maximum Gasteiger partial charge on any atom is 0.319 e. The van der Waals surface area contributed by atoms with Gasteiger partial charge in [0.15, 0.2) is 10.9 Å². The van der Waals surface area contributed by atoms with Crippen molar-refractivity contribution in [3.8, 4) is 23.2 Å². The topological polar surface area (TPSA) is 116 Å². The van der Waals surface area contributed by atoms with Gasteiger partial charge in [0.05, 0.1) is 22.7 Å². The molecule has 2 saturated heterocycles. The summed E-state index contributed by atoms with van der Waals surface area (Å²) in [6.07, 6.45) is 2.05. The minimum atomic E-state index is -0.626. The molecule has 12 heteroatoms. The molecule has 0 saturated carbocycles. The van der Waals surface area contributed by atoms with Gasteiger partial charge in [-0.3, -0.25) is 0 Å². The first-order valence-electron chi connectivity index (χ1n) is 13.0. The largest absolute Gasteiger partial charge is 0.462 e. The molecule has 0 bridgehead atoms. The van der Waals surface area contributed by atoms with Crippen LogP contribution < -0.4 is 20.7 Å². The van der Waals surface area contributed by atoms with Crippen LogP contribution in [0.4, 0.5) is 19.7 Å². The van der Waals surface area contributed by atoms with Gasteiger partial charge in [-0.15, -0.1) is 0 Å². The Labute approximate surface area is 228 Å². The van der Waals surface area contributed by atoms with Gasteiger partial charge < -0.3 is 25.6 Å². The monoisotopic (exact) mass is 550 g/mol. The highest BCUT2D eigenvalue weighted by Gasteiger charge is 2.27. The summed E-state index contributed by atoms with van der Waals surface area (Å²) >= 11 is 1.00. The van der Waals surface area contributed by atoms with Crippen LogP contribution in [-0.2, 0) is 6.42 Å². The quantitative estimate of drug-likeness (QED) is 0.371. The molecule has 0 radical (unpaired) electrons. The number of likely N-dealkylation sites (tertiary alicyclic amines) is 1. The smallest absolute Gasteiger partial charge is 0.319 e. The van der Waals surface area contributed by atoms with Gasteiger partial charge in [0.25, 0.3) is 0 Å². The predicted octanol–water partition coefficient (Wildman–Crippen LogP) is 3.72. The van der Waals surface area contributed by atoms with E-state index in [4.69, 9.17) is 15.5 Å². The third kappa shape index (κ3) is 4.71. The van der Waals surface area contributed by atoms with Crippen molar-refractivity contribution in [3.63, 3.8) is 0 Å². The Balaban J connectivity index is 1.55. The summed E-state index contributed by atoms with van der Waals surface area (Å²) in [6, 6.07) is 7.01. The molecule has 2 fully saturated rings. The summed E-state index contributed by atoms with van der Waals surface area (Å²) < 4.78 is 37.5. The van der Waals surface area contributed by atoms with E-state index in [9.17, 15) is 9.65 Å². The minimum absolute atomic E-state index is 0.0616. The highest BCUT2D eigenvalue weighted by molar-refractivity contribution is 7.22. The van der Waals surface area contributed by atoms with Gasteiger partial charge in [-0.05, 0) is 50.2 Å². The van der Waals surface area contributed by atoms with E-state index in [0.717, 1.165) is 43.8 Å². The number of nitrogens with two attached hydrogens (primary N) is 1. The molecule has 2 aromatic heterocycles. The predicted molar refractivity (Wildman–Crippen MR) is 148 cm³/mol. The third-order valence-electron chi connectivity index (χ3n) is 7.52. The van der Waals surface area contributed by atoms with E-state index >= 15 is 4.39 Å². The van der Waals surface area contributed by atoms with Crippen LogP contribution in [0.1, 0.15) is 18.4 Å². The van der Waals surface area contributed by atoms with Gasteiger partial charge in [0, 0.05) is 48.7 Å². The molecule has 2 aliphatic rings. The molecule has 6 rings (SSSR count). The number of benzene rings is 2. The fourth-order valence-corrected chi connectivity index (χ4v) is 6.26. The van der Waals surface area contributed by atoms with Gasteiger partial charge in [-0.25, -0.2) is 13.8 Å². The zero-order chi connectivity index (χ0) is 27.1. The number of aromatic nitrogens is 3. The zero-order valence-corrected chi connectivity index (χ0v) is 22.3.